The molecule has 0 amide bonds. The van der Waals surface area contributed by atoms with E-state index in [0.717, 1.165) is 0 Å². The van der Waals surface area contributed by atoms with Gasteiger partial charge >= 0.3 is 24.2 Å². The number of benzene rings is 1. The number of nitrogens with one attached hydrogen (secondary N) is 1. The van der Waals surface area contributed by atoms with Crippen molar-refractivity contribution in [3.63, 3.8) is 0 Å². The van der Waals surface area contributed by atoms with Gasteiger partial charge in [0, 0.05) is 17.5 Å². The lowest BCUT2D eigenvalue weighted by Crippen LogP contribution is -2.59. The quantitative estimate of drug-likeness (QED) is 0.445. The van der Waals surface area contributed by atoms with Gasteiger partial charge in [-0.2, -0.15) is 39.0 Å². The van der Waals surface area contributed by atoms with Gasteiger partial charge in [0.25, 0.3) is 0 Å². The number of ether oxygens (including phenoxy) is 1. The first kappa shape index (κ1) is 21.8. The van der Waals surface area contributed by atoms with Crippen molar-refractivity contribution in [1.29, 1.82) is 0 Å². The van der Waals surface area contributed by atoms with Gasteiger partial charge in [0.2, 0.25) is 0 Å². The van der Waals surface area contributed by atoms with Crippen molar-refractivity contribution < 1.29 is 39.9 Å². The van der Waals surface area contributed by atoms with Crippen LogP contribution in [-0.4, -0.2) is 49.2 Å². The van der Waals surface area contributed by atoms with E-state index in [9.17, 15) is 35.1 Å². The molecular formula is C14H15F8NOS. The van der Waals surface area contributed by atoms with Crippen molar-refractivity contribution in [1.82, 2.24) is 0 Å². The van der Waals surface area contributed by atoms with Crippen LogP contribution in [0, 0.1) is 0 Å². The van der Waals surface area contributed by atoms with Crippen molar-refractivity contribution in [2.24, 2.45) is 0 Å². The van der Waals surface area contributed by atoms with E-state index in [2.05, 4.69) is 22.7 Å². The molecule has 2 nitrogen and oxygen atoms in total. The molecule has 1 rings (SSSR count). The summed E-state index contributed by atoms with van der Waals surface area (Å²) >= 11 is 3.96. The number of thiol groups is 1. The Morgan fingerprint density at radius 2 is 1.56 bits per heavy atom. The Bertz CT molecular complexity index is 529. The molecule has 0 aliphatic rings. The molecule has 25 heavy (non-hydrogen) atoms. The molecule has 0 aliphatic carbocycles. The highest BCUT2D eigenvalue weighted by molar-refractivity contribution is 7.81. The van der Waals surface area contributed by atoms with E-state index < -0.39 is 42.7 Å². The minimum atomic E-state index is -6.26. The van der Waals surface area contributed by atoms with E-state index in [1.54, 1.807) is 30.3 Å². The second-order valence-corrected chi connectivity index (χ2v) is 5.85. The summed E-state index contributed by atoms with van der Waals surface area (Å²) in [5, 5.41) is 2.11. The van der Waals surface area contributed by atoms with E-state index in [1.165, 1.54) is 0 Å². The third-order valence-electron chi connectivity index (χ3n) is 3.06. The molecule has 1 N–H and O–H groups in total. The lowest BCUT2D eigenvalue weighted by Gasteiger charge is -2.32. The summed E-state index contributed by atoms with van der Waals surface area (Å²) in [5.74, 6) is -17.9. The van der Waals surface area contributed by atoms with Gasteiger partial charge in [-0.15, -0.1) is 0 Å². The highest BCUT2D eigenvalue weighted by atomic mass is 32.1. The predicted molar refractivity (Wildman–Crippen MR) is 79.4 cm³/mol. The molecule has 0 saturated heterocycles. The average Bonchev–Trinajstić information content (AvgIpc) is 2.53. The third-order valence-corrected chi connectivity index (χ3v) is 3.39. The summed E-state index contributed by atoms with van der Waals surface area (Å²) in [7, 11) is 0. The first-order chi connectivity index (χ1) is 11.4. The summed E-state index contributed by atoms with van der Waals surface area (Å²) < 4.78 is 106. The fourth-order valence-electron chi connectivity index (χ4n) is 1.65. The molecule has 1 aromatic rings. The number of rotatable bonds is 10. The van der Waals surface area contributed by atoms with Gasteiger partial charge in [0.1, 0.15) is 6.61 Å². The molecule has 0 fully saturated rings. The summed E-state index contributed by atoms with van der Waals surface area (Å²) in [4.78, 5) is 0. The number of anilines is 1. The van der Waals surface area contributed by atoms with E-state index >= 15 is 0 Å². The van der Waals surface area contributed by atoms with E-state index in [0.29, 0.717) is 5.69 Å². The molecule has 0 aliphatic heterocycles. The maximum absolute atomic E-state index is 13.2. The molecule has 144 valence electrons. The number of para-hydroxylation sites is 1. The highest BCUT2D eigenvalue weighted by Gasteiger charge is 2.75. The Hall–Kier alpha value is -1.23. The Balaban J connectivity index is 2.50. The molecule has 0 heterocycles. The average molecular weight is 397 g/mol. The van der Waals surface area contributed by atoms with Gasteiger partial charge in [0.15, 0.2) is 0 Å². The van der Waals surface area contributed by atoms with Gasteiger partial charge < -0.3 is 10.1 Å². The maximum Gasteiger partial charge on any atom is 0.380 e. The van der Waals surface area contributed by atoms with Crippen molar-refractivity contribution in [3.8, 4) is 0 Å². The lowest BCUT2D eigenvalue weighted by molar-refractivity contribution is -0.345. The number of alkyl halides is 8. The van der Waals surface area contributed by atoms with Gasteiger partial charge in [-0.1, -0.05) is 18.2 Å². The molecule has 1 atom stereocenters. The van der Waals surface area contributed by atoms with Crippen LogP contribution in [-0.2, 0) is 4.74 Å². The predicted octanol–water partition coefficient (Wildman–Crippen LogP) is 4.58. The SMILES string of the molecule is FC(F)C(F)(F)C(F)(F)C(F)(F)COCC(S)CNc1ccccc1. The minimum absolute atomic E-state index is 0.0995. The van der Waals surface area contributed by atoms with Crippen LogP contribution in [0.3, 0.4) is 0 Å². The molecule has 1 unspecified atom stereocenters. The van der Waals surface area contributed by atoms with E-state index in [1.807, 2.05) is 0 Å². The van der Waals surface area contributed by atoms with E-state index in [-0.39, 0.29) is 6.54 Å². The molecule has 0 saturated carbocycles. The summed E-state index contributed by atoms with van der Waals surface area (Å²) in [6.45, 7) is -2.64. The summed E-state index contributed by atoms with van der Waals surface area (Å²) in [6, 6.07) is 8.59. The zero-order valence-corrected chi connectivity index (χ0v) is 13.4. The summed E-state index contributed by atoms with van der Waals surface area (Å²) in [6.07, 6.45) is -4.94. The maximum atomic E-state index is 13.2. The molecule has 1 aromatic carbocycles. The monoisotopic (exact) mass is 397 g/mol. The van der Waals surface area contributed by atoms with Gasteiger partial charge in [0.05, 0.1) is 6.61 Å². The Morgan fingerprint density at radius 3 is 2.08 bits per heavy atom. The molecular weight excluding hydrogens is 382 g/mol. The van der Waals surface area contributed by atoms with Crippen LogP contribution in [0.4, 0.5) is 40.8 Å². The van der Waals surface area contributed by atoms with Crippen molar-refractivity contribution in [3.05, 3.63) is 30.3 Å². The fourth-order valence-corrected chi connectivity index (χ4v) is 1.84. The smallest absolute Gasteiger partial charge is 0.380 e. The topological polar surface area (TPSA) is 21.3 Å². The van der Waals surface area contributed by atoms with Crippen molar-refractivity contribution >= 4 is 18.3 Å². The fraction of sp³-hybridized carbons (Fsp3) is 0.571. The minimum Gasteiger partial charge on any atom is -0.384 e. The zero-order chi connectivity index (χ0) is 19.3. The van der Waals surface area contributed by atoms with Gasteiger partial charge in [-0.05, 0) is 12.1 Å². The Labute approximate surface area is 143 Å². The first-order valence-electron chi connectivity index (χ1n) is 6.88. The highest BCUT2D eigenvalue weighted by Crippen LogP contribution is 2.48. The standard InChI is InChI=1S/C14H15F8NOS/c15-11(16)13(19,20)14(21,22)12(17,18)8-24-7-10(25)6-23-9-4-2-1-3-5-9/h1-5,10-11,23,25H,6-8H2. The third kappa shape index (κ3) is 5.37. The molecule has 0 spiro atoms. The second-order valence-electron chi connectivity index (χ2n) is 5.12. The van der Waals surface area contributed by atoms with Crippen molar-refractivity contribution in [2.75, 3.05) is 25.1 Å². The number of halogens is 8. The number of hydrogen-bond donors (Lipinski definition) is 2. The molecule has 0 radical (unpaired) electrons. The van der Waals surface area contributed by atoms with Crippen LogP contribution in [0.1, 0.15) is 0 Å². The van der Waals surface area contributed by atoms with Crippen LogP contribution in [0.15, 0.2) is 30.3 Å². The molecule has 11 heteroatoms. The largest absolute Gasteiger partial charge is 0.384 e. The van der Waals surface area contributed by atoms with E-state index in [4.69, 9.17) is 0 Å². The lowest BCUT2D eigenvalue weighted by atomic mass is 10.1. The summed E-state index contributed by atoms with van der Waals surface area (Å²) in [5.41, 5.74) is 0.676. The zero-order valence-electron chi connectivity index (χ0n) is 12.5. The van der Waals surface area contributed by atoms with Crippen LogP contribution in [0.2, 0.25) is 0 Å². The van der Waals surface area contributed by atoms with Crippen LogP contribution >= 0.6 is 12.6 Å². The number of hydrogen-bond acceptors (Lipinski definition) is 3. The van der Waals surface area contributed by atoms with Crippen molar-refractivity contribution in [2.45, 2.75) is 29.4 Å². The molecule has 0 bridgehead atoms. The second kappa shape index (κ2) is 8.43. The molecule has 0 aromatic heterocycles. The van der Waals surface area contributed by atoms with Crippen LogP contribution < -0.4 is 5.32 Å². The van der Waals surface area contributed by atoms with Gasteiger partial charge in [-0.3, -0.25) is 0 Å². The van der Waals surface area contributed by atoms with Gasteiger partial charge in [-0.25, -0.2) is 8.78 Å². The van der Waals surface area contributed by atoms with Crippen LogP contribution in [0.25, 0.3) is 0 Å². The first-order valence-corrected chi connectivity index (χ1v) is 7.40. The Morgan fingerprint density at radius 1 is 1.00 bits per heavy atom. The normalized spacial score (nSPS) is 14.6. The van der Waals surface area contributed by atoms with Crippen LogP contribution in [0.5, 0.6) is 0 Å². The Kier molecular flexibility index (Phi) is 7.36.